The maximum atomic E-state index is 14.0. The van der Waals surface area contributed by atoms with Crippen LogP contribution >= 0.6 is 0 Å². The third kappa shape index (κ3) is 1.51. The number of amides is 1. The van der Waals surface area contributed by atoms with Gasteiger partial charge in [-0.05, 0) is 24.5 Å². The largest absolute Gasteiger partial charge is 0.452 e. The van der Waals surface area contributed by atoms with Crippen molar-refractivity contribution in [2.24, 2.45) is 0 Å². The van der Waals surface area contributed by atoms with Crippen LogP contribution < -0.4 is 4.90 Å². The summed E-state index contributed by atoms with van der Waals surface area (Å²) in [5.74, 6) is -0.0594. The van der Waals surface area contributed by atoms with E-state index in [1.165, 1.54) is 18.1 Å². The fourth-order valence-electron chi connectivity index (χ4n) is 3.36. The van der Waals surface area contributed by atoms with Crippen LogP contribution in [-0.4, -0.2) is 19.2 Å². The molecule has 0 aromatic heterocycles. The van der Waals surface area contributed by atoms with Crippen molar-refractivity contribution >= 4 is 11.8 Å². The first-order valence-corrected chi connectivity index (χ1v) is 6.39. The van der Waals surface area contributed by atoms with E-state index in [0.29, 0.717) is 5.69 Å². The van der Waals surface area contributed by atoms with Crippen molar-refractivity contribution in [1.82, 2.24) is 0 Å². The number of carbonyl (C=O) groups excluding carboxylic acids is 1. The van der Waals surface area contributed by atoms with Gasteiger partial charge in [0.25, 0.3) is 0 Å². The lowest BCUT2D eigenvalue weighted by Gasteiger charge is -2.31. The number of ether oxygens (including phenoxy) is 1. The number of methoxy groups -OCH3 is 1. The Morgan fingerprint density at radius 1 is 1.39 bits per heavy atom. The molecular formula is C14H16FNO2. The Hall–Kier alpha value is -1.58. The topological polar surface area (TPSA) is 29.5 Å². The lowest BCUT2D eigenvalue weighted by atomic mass is 9.82. The standard InChI is InChI=1S/C14H16FNO2/c1-18-14(17)16-12-8-3-2-5-9(12)10-6-4-7-11(15)13(10)16/h4,6-7,9,12H,2-3,5,8H2,1H3/t9-,12+/m0/s1. The van der Waals surface area contributed by atoms with Crippen LogP contribution in [-0.2, 0) is 4.74 Å². The zero-order valence-corrected chi connectivity index (χ0v) is 10.4. The minimum atomic E-state index is -0.448. The van der Waals surface area contributed by atoms with E-state index in [4.69, 9.17) is 4.74 Å². The summed E-state index contributed by atoms with van der Waals surface area (Å²) in [6.07, 6.45) is 3.73. The quantitative estimate of drug-likeness (QED) is 0.705. The number of para-hydroxylation sites is 1. The molecule has 0 saturated heterocycles. The van der Waals surface area contributed by atoms with E-state index in [1.54, 1.807) is 6.07 Å². The average Bonchev–Trinajstić information content (AvgIpc) is 2.74. The van der Waals surface area contributed by atoms with Crippen molar-refractivity contribution in [1.29, 1.82) is 0 Å². The summed E-state index contributed by atoms with van der Waals surface area (Å²) in [6.45, 7) is 0. The van der Waals surface area contributed by atoms with E-state index in [1.807, 2.05) is 6.07 Å². The zero-order chi connectivity index (χ0) is 12.7. The van der Waals surface area contributed by atoms with Crippen molar-refractivity contribution in [3.05, 3.63) is 29.6 Å². The molecule has 0 radical (unpaired) electrons. The van der Waals surface area contributed by atoms with Crippen LogP contribution in [0.25, 0.3) is 0 Å². The Balaban J connectivity index is 2.11. The fraction of sp³-hybridized carbons (Fsp3) is 0.500. The number of halogens is 1. The normalized spacial score (nSPS) is 25.6. The van der Waals surface area contributed by atoms with E-state index in [0.717, 1.165) is 31.2 Å². The van der Waals surface area contributed by atoms with Gasteiger partial charge in [0.2, 0.25) is 0 Å². The number of anilines is 1. The van der Waals surface area contributed by atoms with Crippen molar-refractivity contribution < 1.29 is 13.9 Å². The van der Waals surface area contributed by atoms with Crippen LogP contribution in [0.15, 0.2) is 18.2 Å². The van der Waals surface area contributed by atoms with Crippen LogP contribution in [0.3, 0.4) is 0 Å². The molecule has 0 unspecified atom stereocenters. The number of nitrogens with zero attached hydrogens (tertiary/aromatic N) is 1. The first-order valence-electron chi connectivity index (χ1n) is 6.39. The first kappa shape index (κ1) is 11.5. The van der Waals surface area contributed by atoms with Crippen LogP contribution in [0.5, 0.6) is 0 Å². The molecule has 1 amide bonds. The highest BCUT2D eigenvalue weighted by Gasteiger charge is 2.44. The third-order valence-corrected chi connectivity index (χ3v) is 4.09. The summed E-state index contributed by atoms with van der Waals surface area (Å²) >= 11 is 0. The van der Waals surface area contributed by atoms with Crippen LogP contribution in [0, 0.1) is 5.82 Å². The van der Waals surface area contributed by atoms with Gasteiger partial charge in [0.05, 0.1) is 12.8 Å². The van der Waals surface area contributed by atoms with Gasteiger partial charge in [-0.1, -0.05) is 25.0 Å². The van der Waals surface area contributed by atoms with Crippen molar-refractivity contribution in [2.45, 2.75) is 37.6 Å². The maximum Gasteiger partial charge on any atom is 0.414 e. The molecule has 0 N–H and O–H groups in total. The molecular weight excluding hydrogens is 233 g/mol. The SMILES string of the molecule is COC(=O)N1c2c(F)cccc2[C@@H]2CCCC[C@H]21. The van der Waals surface area contributed by atoms with E-state index in [-0.39, 0.29) is 17.8 Å². The molecule has 96 valence electrons. The number of fused-ring (bicyclic) bond motifs is 3. The molecule has 1 saturated carbocycles. The van der Waals surface area contributed by atoms with Gasteiger partial charge in [-0.3, -0.25) is 4.90 Å². The van der Waals surface area contributed by atoms with E-state index in [2.05, 4.69) is 0 Å². The molecule has 1 heterocycles. The number of benzene rings is 1. The average molecular weight is 249 g/mol. The number of hydrogen-bond donors (Lipinski definition) is 0. The van der Waals surface area contributed by atoms with Gasteiger partial charge in [0.15, 0.2) is 0 Å². The molecule has 1 aromatic carbocycles. The highest BCUT2D eigenvalue weighted by molar-refractivity contribution is 5.92. The van der Waals surface area contributed by atoms with Gasteiger partial charge in [-0.15, -0.1) is 0 Å². The Morgan fingerprint density at radius 3 is 2.94 bits per heavy atom. The molecule has 1 aromatic rings. The van der Waals surface area contributed by atoms with Crippen LogP contribution in [0.1, 0.15) is 37.2 Å². The first-order chi connectivity index (χ1) is 8.74. The van der Waals surface area contributed by atoms with Crippen molar-refractivity contribution in [3.8, 4) is 0 Å². The van der Waals surface area contributed by atoms with Crippen LogP contribution in [0.4, 0.5) is 14.9 Å². The van der Waals surface area contributed by atoms with Gasteiger partial charge in [0.1, 0.15) is 5.82 Å². The Bertz CT molecular complexity index is 489. The molecule has 1 aliphatic heterocycles. The third-order valence-electron chi connectivity index (χ3n) is 4.09. The lowest BCUT2D eigenvalue weighted by Crippen LogP contribution is -2.40. The molecule has 0 spiro atoms. The summed E-state index contributed by atoms with van der Waals surface area (Å²) in [5.41, 5.74) is 1.39. The second-order valence-corrected chi connectivity index (χ2v) is 4.98. The molecule has 1 fully saturated rings. The van der Waals surface area contributed by atoms with Gasteiger partial charge < -0.3 is 4.74 Å². The molecule has 0 bridgehead atoms. The minimum Gasteiger partial charge on any atom is -0.452 e. The predicted octanol–water partition coefficient (Wildman–Crippen LogP) is 3.44. The lowest BCUT2D eigenvalue weighted by molar-refractivity contribution is 0.173. The number of carbonyl (C=O) groups is 1. The van der Waals surface area contributed by atoms with E-state index < -0.39 is 6.09 Å². The molecule has 2 atom stereocenters. The smallest absolute Gasteiger partial charge is 0.414 e. The molecule has 4 heteroatoms. The Morgan fingerprint density at radius 2 is 2.17 bits per heavy atom. The summed E-state index contributed by atoms with van der Waals surface area (Å²) < 4.78 is 18.8. The summed E-state index contributed by atoms with van der Waals surface area (Å²) in [5, 5.41) is 0. The molecule has 2 aliphatic rings. The molecule has 1 aliphatic carbocycles. The minimum absolute atomic E-state index is 0.0677. The number of rotatable bonds is 0. The van der Waals surface area contributed by atoms with Crippen molar-refractivity contribution in [2.75, 3.05) is 12.0 Å². The second kappa shape index (κ2) is 4.26. The molecule has 3 nitrogen and oxygen atoms in total. The van der Waals surface area contributed by atoms with Gasteiger partial charge in [-0.2, -0.15) is 0 Å². The molecule has 18 heavy (non-hydrogen) atoms. The van der Waals surface area contributed by atoms with Gasteiger partial charge >= 0.3 is 6.09 Å². The summed E-state index contributed by atoms with van der Waals surface area (Å²) in [7, 11) is 1.35. The monoisotopic (exact) mass is 249 g/mol. The van der Waals surface area contributed by atoms with Gasteiger partial charge in [0, 0.05) is 12.0 Å². The fourth-order valence-corrected chi connectivity index (χ4v) is 3.36. The highest BCUT2D eigenvalue weighted by Crippen LogP contribution is 2.48. The van der Waals surface area contributed by atoms with Gasteiger partial charge in [-0.25, -0.2) is 9.18 Å². The highest BCUT2D eigenvalue weighted by atomic mass is 19.1. The second-order valence-electron chi connectivity index (χ2n) is 4.98. The zero-order valence-electron chi connectivity index (χ0n) is 10.4. The number of hydrogen-bond acceptors (Lipinski definition) is 2. The Kier molecular flexibility index (Phi) is 2.73. The van der Waals surface area contributed by atoms with Crippen molar-refractivity contribution in [3.63, 3.8) is 0 Å². The molecule has 3 rings (SSSR count). The Labute approximate surface area is 106 Å². The van der Waals surface area contributed by atoms with Crippen LogP contribution in [0.2, 0.25) is 0 Å². The predicted molar refractivity (Wildman–Crippen MR) is 66.3 cm³/mol. The summed E-state index contributed by atoms with van der Waals surface area (Å²) in [4.78, 5) is 13.4. The summed E-state index contributed by atoms with van der Waals surface area (Å²) in [6, 6.07) is 5.13. The van der Waals surface area contributed by atoms with E-state index >= 15 is 0 Å². The maximum absolute atomic E-state index is 14.0. The van der Waals surface area contributed by atoms with E-state index in [9.17, 15) is 9.18 Å².